The Labute approximate surface area is 195 Å². The van der Waals surface area contributed by atoms with E-state index in [1.54, 1.807) is 23.6 Å². The normalized spacial score (nSPS) is 18.6. The number of hydrogen-bond acceptors (Lipinski definition) is 8. The molecule has 2 N–H and O–H groups in total. The van der Waals surface area contributed by atoms with Crippen molar-refractivity contribution in [2.75, 3.05) is 18.3 Å². The molecule has 31 heavy (non-hydrogen) atoms. The maximum absolute atomic E-state index is 13.0. The SMILES string of the molecule is CCOC(=O)N1C2=C(CCCC2)SC1NC(=S)Nn1c(SC)nnc(C(C)(C)C)c1=O. The Morgan fingerprint density at radius 1 is 1.32 bits per heavy atom. The van der Waals surface area contributed by atoms with Gasteiger partial charge < -0.3 is 10.1 Å². The molecule has 0 saturated heterocycles. The Morgan fingerprint density at radius 2 is 2.03 bits per heavy atom. The van der Waals surface area contributed by atoms with Gasteiger partial charge in [0.15, 0.2) is 10.6 Å². The topological polar surface area (TPSA) is 101 Å². The smallest absolute Gasteiger partial charge is 0.416 e. The molecule has 3 rings (SSSR count). The van der Waals surface area contributed by atoms with Gasteiger partial charge in [-0.1, -0.05) is 44.3 Å². The molecule has 1 aromatic rings. The summed E-state index contributed by atoms with van der Waals surface area (Å²) in [5.41, 5.74) is 3.05. The van der Waals surface area contributed by atoms with Gasteiger partial charge in [-0.3, -0.25) is 15.1 Å². The minimum Gasteiger partial charge on any atom is -0.449 e. The molecular formula is C19H28N6O3S3. The molecule has 0 saturated carbocycles. The lowest BCUT2D eigenvalue weighted by atomic mass is 9.93. The minimum atomic E-state index is -0.468. The number of ether oxygens (including phenoxy) is 1. The first-order valence-electron chi connectivity index (χ1n) is 10.1. The molecule has 0 aromatic carbocycles. The number of carbonyl (C=O) groups is 1. The van der Waals surface area contributed by atoms with Crippen molar-refractivity contribution in [2.45, 2.75) is 69.4 Å². The van der Waals surface area contributed by atoms with Crippen LogP contribution in [0.5, 0.6) is 0 Å². The summed E-state index contributed by atoms with van der Waals surface area (Å²) in [4.78, 5) is 28.5. The van der Waals surface area contributed by atoms with E-state index in [4.69, 9.17) is 17.0 Å². The first-order chi connectivity index (χ1) is 14.7. The molecule has 1 aliphatic heterocycles. The van der Waals surface area contributed by atoms with Crippen molar-refractivity contribution in [2.24, 2.45) is 0 Å². The van der Waals surface area contributed by atoms with Gasteiger partial charge in [0.25, 0.3) is 5.56 Å². The molecule has 0 radical (unpaired) electrons. The average molecular weight is 485 g/mol. The third-order valence-electron chi connectivity index (χ3n) is 4.83. The van der Waals surface area contributed by atoms with Crippen LogP contribution in [0.1, 0.15) is 59.1 Å². The van der Waals surface area contributed by atoms with Gasteiger partial charge >= 0.3 is 6.09 Å². The van der Waals surface area contributed by atoms with Crippen molar-refractivity contribution < 1.29 is 9.53 Å². The number of nitrogens with zero attached hydrogens (tertiary/aromatic N) is 4. The van der Waals surface area contributed by atoms with Gasteiger partial charge in [0.2, 0.25) is 5.16 Å². The number of aromatic nitrogens is 3. The fourth-order valence-corrected chi connectivity index (χ4v) is 5.46. The van der Waals surface area contributed by atoms with E-state index in [1.807, 2.05) is 27.0 Å². The Kier molecular flexibility index (Phi) is 7.53. The second-order valence-electron chi connectivity index (χ2n) is 8.13. The largest absolute Gasteiger partial charge is 0.449 e. The van der Waals surface area contributed by atoms with Crippen LogP contribution in [0.2, 0.25) is 0 Å². The number of amides is 1. The standard InChI is InChI=1S/C19H28N6O3S3/c1-6-28-18(27)24-11-9-7-8-10-12(11)31-16(24)20-15(29)23-25-14(26)13(19(2,3)4)21-22-17(25)30-5/h16H,6-10H2,1-5H3,(H2,20,23,29). The number of rotatable bonds is 4. The summed E-state index contributed by atoms with van der Waals surface area (Å²) in [6.45, 7) is 7.79. The van der Waals surface area contributed by atoms with Crippen molar-refractivity contribution in [1.82, 2.24) is 25.1 Å². The molecule has 2 aliphatic rings. The lowest BCUT2D eigenvalue weighted by Crippen LogP contribution is -2.50. The summed E-state index contributed by atoms with van der Waals surface area (Å²) < 4.78 is 6.57. The minimum absolute atomic E-state index is 0.205. The van der Waals surface area contributed by atoms with Crippen molar-refractivity contribution in [3.63, 3.8) is 0 Å². The third-order valence-corrected chi connectivity index (χ3v) is 6.94. The maximum Gasteiger partial charge on any atom is 0.416 e. The average Bonchev–Trinajstić information content (AvgIpc) is 3.06. The molecule has 1 atom stereocenters. The predicted octanol–water partition coefficient (Wildman–Crippen LogP) is 3.35. The first kappa shape index (κ1) is 23.9. The van der Waals surface area contributed by atoms with E-state index in [0.29, 0.717) is 17.5 Å². The molecule has 1 aromatic heterocycles. The van der Waals surface area contributed by atoms with E-state index in [1.165, 1.54) is 21.3 Å². The van der Waals surface area contributed by atoms with Crippen LogP contribution in [0.25, 0.3) is 0 Å². The van der Waals surface area contributed by atoms with E-state index in [2.05, 4.69) is 20.9 Å². The number of carbonyl (C=O) groups excluding carboxylic acids is 1. The van der Waals surface area contributed by atoms with Crippen LogP contribution in [0, 0.1) is 0 Å². The zero-order valence-electron chi connectivity index (χ0n) is 18.4. The Hall–Kier alpha value is -1.79. The number of hydrogen-bond donors (Lipinski definition) is 2. The van der Waals surface area contributed by atoms with Crippen LogP contribution in [0.3, 0.4) is 0 Å². The van der Waals surface area contributed by atoms with Gasteiger partial charge in [-0.15, -0.1) is 10.2 Å². The van der Waals surface area contributed by atoms with Crippen molar-refractivity contribution in [3.8, 4) is 0 Å². The molecule has 1 aliphatic carbocycles. The van der Waals surface area contributed by atoms with Crippen molar-refractivity contribution in [3.05, 3.63) is 26.6 Å². The Bertz CT molecular complexity index is 956. The Morgan fingerprint density at radius 3 is 2.68 bits per heavy atom. The van der Waals surface area contributed by atoms with Gasteiger partial charge in [0.1, 0.15) is 5.69 Å². The highest BCUT2D eigenvalue weighted by Crippen LogP contribution is 2.44. The summed E-state index contributed by atoms with van der Waals surface area (Å²) in [6, 6.07) is 0. The van der Waals surface area contributed by atoms with Crippen LogP contribution in [0.4, 0.5) is 4.79 Å². The molecule has 9 nitrogen and oxygen atoms in total. The molecular weight excluding hydrogens is 456 g/mol. The number of nitrogens with one attached hydrogen (secondary N) is 2. The number of thiocarbonyl (C=S) groups is 1. The van der Waals surface area contributed by atoms with Gasteiger partial charge in [0.05, 0.1) is 6.61 Å². The molecule has 0 spiro atoms. The number of thioether (sulfide) groups is 2. The summed E-state index contributed by atoms with van der Waals surface area (Å²) in [7, 11) is 0. The molecule has 2 heterocycles. The fraction of sp³-hybridized carbons (Fsp3) is 0.632. The first-order valence-corrected chi connectivity index (χ1v) is 12.6. The highest BCUT2D eigenvalue weighted by molar-refractivity contribution is 8.03. The van der Waals surface area contributed by atoms with E-state index < -0.39 is 17.0 Å². The fourth-order valence-electron chi connectivity index (χ4n) is 3.39. The van der Waals surface area contributed by atoms with Gasteiger partial charge in [-0.05, 0) is 51.1 Å². The molecule has 0 fully saturated rings. The van der Waals surface area contributed by atoms with Crippen molar-refractivity contribution >= 4 is 46.9 Å². The monoisotopic (exact) mass is 484 g/mol. The summed E-state index contributed by atoms with van der Waals surface area (Å²) in [6.07, 6.45) is 5.32. The van der Waals surface area contributed by atoms with Crippen LogP contribution >= 0.6 is 35.7 Å². The van der Waals surface area contributed by atoms with E-state index >= 15 is 0 Å². The second-order valence-corrected chi connectivity index (χ2v) is 10.5. The van der Waals surface area contributed by atoms with Gasteiger partial charge in [-0.2, -0.15) is 4.68 Å². The van der Waals surface area contributed by atoms with E-state index in [-0.39, 0.29) is 10.7 Å². The zero-order valence-corrected chi connectivity index (χ0v) is 20.8. The summed E-state index contributed by atoms with van der Waals surface area (Å²) in [5.74, 6) is 0. The molecule has 12 heteroatoms. The third kappa shape index (κ3) is 5.17. The van der Waals surface area contributed by atoms with Crippen LogP contribution in [-0.2, 0) is 10.2 Å². The number of allylic oxidation sites excluding steroid dienone is 2. The van der Waals surface area contributed by atoms with Crippen LogP contribution in [-0.4, -0.2) is 49.3 Å². The van der Waals surface area contributed by atoms with Crippen molar-refractivity contribution in [1.29, 1.82) is 0 Å². The second kappa shape index (κ2) is 9.78. The maximum atomic E-state index is 13.0. The lowest BCUT2D eigenvalue weighted by molar-refractivity contribution is 0.113. The molecule has 1 unspecified atom stereocenters. The Balaban J connectivity index is 1.82. The molecule has 0 bridgehead atoms. The quantitative estimate of drug-likeness (QED) is 0.489. The van der Waals surface area contributed by atoms with E-state index in [9.17, 15) is 9.59 Å². The van der Waals surface area contributed by atoms with Crippen LogP contribution in [0.15, 0.2) is 20.6 Å². The highest BCUT2D eigenvalue weighted by atomic mass is 32.2. The van der Waals surface area contributed by atoms with Gasteiger partial charge in [-0.25, -0.2) is 4.79 Å². The van der Waals surface area contributed by atoms with Gasteiger partial charge in [0, 0.05) is 16.0 Å². The zero-order chi connectivity index (χ0) is 22.8. The molecule has 1 amide bonds. The lowest BCUT2D eigenvalue weighted by Gasteiger charge is -2.28. The highest BCUT2D eigenvalue weighted by Gasteiger charge is 2.39. The predicted molar refractivity (Wildman–Crippen MR) is 128 cm³/mol. The van der Waals surface area contributed by atoms with E-state index in [0.717, 1.165) is 31.4 Å². The summed E-state index contributed by atoms with van der Waals surface area (Å²) >= 11 is 8.34. The molecule has 170 valence electrons. The van der Waals surface area contributed by atoms with Crippen LogP contribution < -0.4 is 16.3 Å². The summed E-state index contributed by atoms with van der Waals surface area (Å²) in [5, 5.41) is 12.0.